The number of hydrogen-bond donors (Lipinski definition) is 1. The van der Waals surface area contributed by atoms with Crippen molar-refractivity contribution in [3.05, 3.63) is 53.5 Å². The Morgan fingerprint density at radius 1 is 1.15 bits per heavy atom. The van der Waals surface area contributed by atoms with Crippen LogP contribution >= 0.6 is 23.6 Å². The number of thiocarbonyl (C=S) groups is 1. The van der Waals surface area contributed by atoms with Crippen molar-refractivity contribution in [3.8, 4) is 5.75 Å². The van der Waals surface area contributed by atoms with E-state index in [1.165, 1.54) is 0 Å². The van der Waals surface area contributed by atoms with Crippen molar-refractivity contribution in [1.29, 1.82) is 0 Å². The second kappa shape index (κ2) is 5.56. The molecular formula is C15H12N2OS2. The van der Waals surface area contributed by atoms with Gasteiger partial charge in [0.05, 0.1) is 23.0 Å². The first-order valence-electron chi connectivity index (χ1n) is 6.08. The van der Waals surface area contributed by atoms with Crippen LogP contribution in [0.2, 0.25) is 0 Å². The number of anilines is 1. The molecule has 3 nitrogen and oxygen atoms in total. The van der Waals surface area contributed by atoms with Crippen molar-refractivity contribution < 1.29 is 4.74 Å². The number of ether oxygens (including phenoxy) is 1. The molecule has 3 aromatic rings. The van der Waals surface area contributed by atoms with E-state index in [1.54, 1.807) is 18.4 Å². The largest absolute Gasteiger partial charge is 0.495 e. The molecule has 0 amide bonds. The normalized spacial score (nSPS) is 10.4. The molecule has 20 heavy (non-hydrogen) atoms. The lowest BCUT2D eigenvalue weighted by Crippen LogP contribution is -2.10. The summed E-state index contributed by atoms with van der Waals surface area (Å²) in [5.74, 6) is 0.760. The van der Waals surface area contributed by atoms with Crippen LogP contribution in [0.25, 0.3) is 10.2 Å². The molecule has 0 atom stereocenters. The van der Waals surface area contributed by atoms with Crippen molar-refractivity contribution >= 4 is 44.4 Å². The highest BCUT2D eigenvalue weighted by molar-refractivity contribution is 7.81. The molecule has 1 heterocycles. The summed E-state index contributed by atoms with van der Waals surface area (Å²) in [6, 6.07) is 15.7. The first-order valence-corrected chi connectivity index (χ1v) is 7.30. The highest BCUT2D eigenvalue weighted by Gasteiger charge is 2.10. The van der Waals surface area contributed by atoms with E-state index in [0.29, 0.717) is 4.99 Å². The van der Waals surface area contributed by atoms with E-state index in [0.717, 1.165) is 26.7 Å². The maximum absolute atomic E-state index is 5.43. The average molecular weight is 300 g/mol. The van der Waals surface area contributed by atoms with E-state index < -0.39 is 0 Å². The fraction of sp³-hybridized carbons (Fsp3) is 0.0667. The smallest absolute Gasteiger partial charge is 0.152 e. The van der Waals surface area contributed by atoms with Gasteiger partial charge in [0.2, 0.25) is 0 Å². The van der Waals surface area contributed by atoms with Gasteiger partial charge in [0, 0.05) is 0 Å². The number of para-hydroxylation sites is 3. The Morgan fingerprint density at radius 2 is 1.90 bits per heavy atom. The molecular weight excluding hydrogens is 288 g/mol. The van der Waals surface area contributed by atoms with Crippen LogP contribution in [-0.2, 0) is 0 Å². The van der Waals surface area contributed by atoms with Gasteiger partial charge in [-0.15, -0.1) is 11.3 Å². The number of nitrogens with zero attached hydrogens (tertiary/aromatic N) is 1. The Bertz CT molecular complexity index is 734. The van der Waals surface area contributed by atoms with Crippen LogP contribution in [0.3, 0.4) is 0 Å². The first-order chi connectivity index (χ1) is 9.78. The zero-order valence-corrected chi connectivity index (χ0v) is 12.4. The molecule has 1 N–H and O–H groups in total. The lowest BCUT2D eigenvalue weighted by atomic mass is 10.3. The number of methoxy groups -OCH3 is 1. The van der Waals surface area contributed by atoms with Crippen molar-refractivity contribution in [2.45, 2.75) is 0 Å². The zero-order chi connectivity index (χ0) is 13.9. The maximum atomic E-state index is 5.43. The van der Waals surface area contributed by atoms with E-state index in [4.69, 9.17) is 17.0 Å². The molecule has 100 valence electrons. The molecule has 0 aliphatic rings. The third-order valence-electron chi connectivity index (χ3n) is 2.84. The van der Waals surface area contributed by atoms with Crippen molar-refractivity contribution in [2.24, 2.45) is 0 Å². The van der Waals surface area contributed by atoms with E-state index in [-0.39, 0.29) is 0 Å². The fourth-order valence-corrected chi connectivity index (χ4v) is 3.03. The number of nitrogens with one attached hydrogen (secondary N) is 1. The van der Waals surface area contributed by atoms with Crippen molar-refractivity contribution in [3.63, 3.8) is 0 Å². The second-order valence-corrected chi connectivity index (χ2v) is 5.58. The molecule has 0 radical (unpaired) electrons. The molecule has 5 heteroatoms. The second-order valence-electron chi connectivity index (χ2n) is 4.14. The molecule has 2 aromatic carbocycles. The molecule has 0 saturated carbocycles. The molecule has 0 saturated heterocycles. The third-order valence-corrected chi connectivity index (χ3v) is 4.32. The number of hydrogen-bond acceptors (Lipinski definition) is 4. The Hall–Kier alpha value is -1.98. The van der Waals surface area contributed by atoms with Gasteiger partial charge >= 0.3 is 0 Å². The van der Waals surface area contributed by atoms with Crippen LogP contribution < -0.4 is 10.1 Å². The van der Waals surface area contributed by atoms with Gasteiger partial charge in [0.25, 0.3) is 0 Å². The van der Waals surface area contributed by atoms with Crippen LogP contribution in [0.4, 0.5) is 5.69 Å². The van der Waals surface area contributed by atoms with Gasteiger partial charge in [0.1, 0.15) is 10.7 Å². The topological polar surface area (TPSA) is 34.1 Å². The molecule has 0 unspecified atom stereocenters. The van der Waals surface area contributed by atoms with E-state index in [1.807, 2.05) is 48.5 Å². The van der Waals surface area contributed by atoms with Gasteiger partial charge in [-0.05, 0) is 24.3 Å². The summed E-state index contributed by atoms with van der Waals surface area (Å²) in [7, 11) is 1.64. The fourth-order valence-electron chi connectivity index (χ4n) is 1.89. The maximum Gasteiger partial charge on any atom is 0.152 e. The Kier molecular flexibility index (Phi) is 3.62. The van der Waals surface area contributed by atoms with Gasteiger partial charge in [0.15, 0.2) is 5.01 Å². The molecule has 0 spiro atoms. The van der Waals surface area contributed by atoms with Crippen LogP contribution in [0.5, 0.6) is 5.75 Å². The Balaban J connectivity index is 1.89. The number of rotatable bonds is 3. The van der Waals surface area contributed by atoms with Crippen LogP contribution in [-0.4, -0.2) is 17.1 Å². The summed E-state index contributed by atoms with van der Waals surface area (Å²) in [6.45, 7) is 0. The number of benzene rings is 2. The Morgan fingerprint density at radius 3 is 2.70 bits per heavy atom. The summed E-state index contributed by atoms with van der Waals surface area (Å²) in [4.78, 5) is 5.15. The third kappa shape index (κ3) is 2.50. The minimum absolute atomic E-state index is 0.607. The number of thiazole rings is 1. The summed E-state index contributed by atoms with van der Waals surface area (Å²) >= 11 is 7.01. The molecule has 0 aliphatic carbocycles. The zero-order valence-electron chi connectivity index (χ0n) is 10.8. The van der Waals surface area contributed by atoms with E-state index >= 15 is 0 Å². The van der Waals surface area contributed by atoms with Crippen LogP contribution in [0, 0.1) is 0 Å². The van der Waals surface area contributed by atoms with Gasteiger partial charge < -0.3 is 10.1 Å². The summed E-state index contributed by atoms with van der Waals surface area (Å²) < 4.78 is 6.43. The van der Waals surface area contributed by atoms with E-state index in [2.05, 4.69) is 10.3 Å². The van der Waals surface area contributed by atoms with Crippen LogP contribution in [0.1, 0.15) is 5.01 Å². The van der Waals surface area contributed by atoms with Gasteiger partial charge in [-0.25, -0.2) is 4.98 Å². The molecule has 3 rings (SSSR count). The standard InChI is InChI=1S/C15H12N2OS2/c1-18-12-8-4-2-6-10(12)16-14(19)15-17-11-7-3-5-9-13(11)20-15/h2-9H,1H3,(H,16,19). The quantitative estimate of drug-likeness (QED) is 0.739. The molecule has 0 bridgehead atoms. The molecule has 1 aromatic heterocycles. The van der Waals surface area contributed by atoms with Gasteiger partial charge in [-0.3, -0.25) is 0 Å². The van der Waals surface area contributed by atoms with Crippen LogP contribution in [0.15, 0.2) is 48.5 Å². The summed E-state index contributed by atoms with van der Waals surface area (Å²) in [6.07, 6.45) is 0. The predicted molar refractivity (Wildman–Crippen MR) is 87.9 cm³/mol. The van der Waals surface area contributed by atoms with E-state index in [9.17, 15) is 0 Å². The number of fused-ring (bicyclic) bond motifs is 1. The van der Waals surface area contributed by atoms with Crippen molar-refractivity contribution in [2.75, 3.05) is 12.4 Å². The average Bonchev–Trinajstić information content (AvgIpc) is 2.92. The SMILES string of the molecule is COc1ccccc1NC(=S)c1nc2ccccc2s1. The Labute approximate surface area is 126 Å². The lowest BCUT2D eigenvalue weighted by molar-refractivity contribution is 0.417. The minimum atomic E-state index is 0.607. The first kappa shape index (κ1) is 13.0. The predicted octanol–water partition coefficient (Wildman–Crippen LogP) is 4.09. The molecule has 0 aliphatic heterocycles. The van der Waals surface area contributed by atoms with Crippen molar-refractivity contribution in [1.82, 2.24) is 4.98 Å². The highest BCUT2D eigenvalue weighted by Crippen LogP contribution is 2.26. The summed E-state index contributed by atoms with van der Waals surface area (Å²) in [5, 5.41) is 4.01. The minimum Gasteiger partial charge on any atom is -0.495 e. The van der Waals surface area contributed by atoms with Gasteiger partial charge in [-0.2, -0.15) is 0 Å². The van der Waals surface area contributed by atoms with Gasteiger partial charge in [-0.1, -0.05) is 36.5 Å². The summed E-state index contributed by atoms with van der Waals surface area (Å²) in [5.41, 5.74) is 1.82. The number of aromatic nitrogens is 1. The monoisotopic (exact) mass is 300 g/mol. The lowest BCUT2D eigenvalue weighted by Gasteiger charge is -2.09. The highest BCUT2D eigenvalue weighted by atomic mass is 32.1. The molecule has 0 fully saturated rings.